The van der Waals surface area contributed by atoms with E-state index < -0.39 is 5.97 Å². The zero-order valence-electron chi connectivity index (χ0n) is 13.2. The summed E-state index contributed by atoms with van der Waals surface area (Å²) in [6, 6.07) is 1.50. The number of aromatic nitrogens is 1. The van der Waals surface area contributed by atoms with Gasteiger partial charge in [-0.05, 0) is 22.8 Å². The van der Waals surface area contributed by atoms with E-state index >= 15 is 0 Å². The molecule has 2 rings (SSSR count). The predicted octanol–water partition coefficient (Wildman–Crippen LogP) is 2.28. The Morgan fingerprint density at radius 3 is 2.29 bits per heavy atom. The van der Waals surface area contributed by atoms with E-state index in [1.54, 1.807) is 0 Å². The van der Waals surface area contributed by atoms with Crippen molar-refractivity contribution in [3.8, 4) is 0 Å². The lowest BCUT2D eigenvalue weighted by molar-refractivity contribution is 0.0600. The summed E-state index contributed by atoms with van der Waals surface area (Å²) in [4.78, 5) is 27.5. The first-order valence-corrected chi connectivity index (χ1v) is 7.03. The van der Waals surface area contributed by atoms with Crippen molar-refractivity contribution in [1.82, 2.24) is 10.3 Å². The molecule has 5 nitrogen and oxygen atoms in total. The number of carbonyl (C=O) groups is 2. The largest absolute Gasteiger partial charge is 0.465 e. The van der Waals surface area contributed by atoms with Crippen molar-refractivity contribution in [2.45, 2.75) is 27.7 Å². The fourth-order valence-electron chi connectivity index (χ4n) is 2.93. The van der Waals surface area contributed by atoms with Crippen LogP contribution in [0, 0.1) is 16.7 Å². The van der Waals surface area contributed by atoms with Gasteiger partial charge in [-0.2, -0.15) is 0 Å². The molecule has 1 saturated carbocycles. The first-order valence-electron chi connectivity index (χ1n) is 7.03. The predicted molar refractivity (Wildman–Crippen MR) is 79.0 cm³/mol. The normalized spacial score (nSPS) is 18.9. The lowest BCUT2D eigenvalue weighted by Crippen LogP contribution is -2.27. The minimum atomic E-state index is -0.499. The molecule has 0 radical (unpaired) electrons. The van der Waals surface area contributed by atoms with Crippen LogP contribution in [0.1, 0.15) is 48.4 Å². The fourth-order valence-corrected chi connectivity index (χ4v) is 2.93. The maximum atomic E-state index is 12.2. The zero-order valence-corrected chi connectivity index (χ0v) is 13.2. The van der Waals surface area contributed by atoms with Gasteiger partial charge < -0.3 is 10.1 Å². The summed E-state index contributed by atoms with van der Waals surface area (Å²) in [6.07, 6.45) is 2.83. The van der Waals surface area contributed by atoms with Crippen LogP contribution < -0.4 is 5.32 Å². The molecule has 1 amide bonds. The number of rotatable bonds is 4. The third-order valence-electron chi connectivity index (χ3n) is 5.21. The minimum Gasteiger partial charge on any atom is -0.465 e. The van der Waals surface area contributed by atoms with Gasteiger partial charge in [0.05, 0.1) is 18.2 Å². The van der Waals surface area contributed by atoms with E-state index in [4.69, 9.17) is 0 Å². The first kappa shape index (κ1) is 15.5. The molecule has 5 heteroatoms. The summed E-state index contributed by atoms with van der Waals surface area (Å²) in [5.41, 5.74) is 1.10. The summed E-state index contributed by atoms with van der Waals surface area (Å²) in [7, 11) is 1.30. The lowest BCUT2D eigenvalue weighted by atomic mass is 10.0. The van der Waals surface area contributed by atoms with Crippen molar-refractivity contribution in [1.29, 1.82) is 0 Å². The van der Waals surface area contributed by atoms with Gasteiger partial charge >= 0.3 is 5.97 Å². The Labute approximate surface area is 125 Å². The van der Waals surface area contributed by atoms with Crippen LogP contribution in [0.4, 0.5) is 0 Å². The monoisotopic (exact) mass is 290 g/mol. The molecular weight excluding hydrogens is 268 g/mol. The number of nitrogens with zero attached hydrogens (tertiary/aromatic N) is 1. The van der Waals surface area contributed by atoms with Crippen molar-refractivity contribution in [2.24, 2.45) is 16.7 Å². The Balaban J connectivity index is 2.00. The van der Waals surface area contributed by atoms with Gasteiger partial charge in [-0.25, -0.2) is 4.79 Å². The number of hydrogen-bond acceptors (Lipinski definition) is 4. The van der Waals surface area contributed by atoms with E-state index in [2.05, 4.69) is 42.7 Å². The molecule has 0 aliphatic heterocycles. The average molecular weight is 290 g/mol. The first-order chi connectivity index (χ1) is 9.71. The number of nitrogens with one attached hydrogen (secondary N) is 1. The van der Waals surface area contributed by atoms with E-state index in [1.807, 2.05) is 0 Å². The third kappa shape index (κ3) is 2.64. The number of amides is 1. The molecule has 0 unspecified atom stereocenters. The van der Waals surface area contributed by atoms with Gasteiger partial charge in [0.1, 0.15) is 0 Å². The standard InChI is InChI=1S/C16H22N2O3/c1-15(2)12(16(15,3)4)9-18-13(19)10-6-11(8-17-7-10)14(20)21-5/h6-8,12H,9H2,1-5H3,(H,18,19). The molecule has 1 aliphatic rings. The Hall–Kier alpha value is -1.91. The van der Waals surface area contributed by atoms with Gasteiger partial charge in [0.15, 0.2) is 0 Å². The minimum absolute atomic E-state index is 0.216. The molecule has 0 spiro atoms. The van der Waals surface area contributed by atoms with Gasteiger partial charge in [0, 0.05) is 18.9 Å². The molecule has 1 aromatic rings. The number of pyridine rings is 1. The summed E-state index contributed by atoms with van der Waals surface area (Å²) in [6.45, 7) is 9.47. The van der Waals surface area contributed by atoms with Gasteiger partial charge in [0.2, 0.25) is 0 Å². The molecule has 1 heterocycles. The Morgan fingerprint density at radius 1 is 1.19 bits per heavy atom. The molecule has 0 bridgehead atoms. The van der Waals surface area contributed by atoms with Crippen molar-refractivity contribution in [2.75, 3.05) is 13.7 Å². The van der Waals surface area contributed by atoms with Crippen LogP contribution >= 0.6 is 0 Å². The van der Waals surface area contributed by atoms with Crippen molar-refractivity contribution < 1.29 is 14.3 Å². The number of ether oxygens (including phenoxy) is 1. The summed E-state index contributed by atoms with van der Waals surface area (Å²) < 4.78 is 4.62. The maximum Gasteiger partial charge on any atom is 0.339 e. The third-order valence-corrected chi connectivity index (χ3v) is 5.21. The highest BCUT2D eigenvalue weighted by Gasteiger charge is 2.64. The van der Waals surface area contributed by atoms with E-state index in [-0.39, 0.29) is 22.3 Å². The molecule has 1 aromatic heterocycles. The molecule has 0 atom stereocenters. The van der Waals surface area contributed by atoms with Gasteiger partial charge in [-0.1, -0.05) is 27.7 Å². The van der Waals surface area contributed by atoms with Crippen LogP contribution in [0.5, 0.6) is 0 Å². The topological polar surface area (TPSA) is 68.3 Å². The van der Waals surface area contributed by atoms with Gasteiger partial charge in [0.25, 0.3) is 5.91 Å². The van der Waals surface area contributed by atoms with E-state index in [0.29, 0.717) is 18.0 Å². The van der Waals surface area contributed by atoms with Crippen molar-refractivity contribution >= 4 is 11.9 Å². The second-order valence-electron chi connectivity index (χ2n) is 6.66. The fraction of sp³-hybridized carbons (Fsp3) is 0.562. The van der Waals surface area contributed by atoms with E-state index in [1.165, 1.54) is 25.6 Å². The van der Waals surface area contributed by atoms with E-state index in [9.17, 15) is 9.59 Å². The SMILES string of the molecule is COC(=O)c1cncc(C(=O)NCC2C(C)(C)C2(C)C)c1. The summed E-state index contributed by atoms with van der Waals surface area (Å²) in [5.74, 6) is -0.265. The summed E-state index contributed by atoms with van der Waals surface area (Å²) in [5, 5.41) is 2.93. The average Bonchev–Trinajstić information content (AvgIpc) is 2.85. The molecule has 21 heavy (non-hydrogen) atoms. The maximum absolute atomic E-state index is 12.2. The van der Waals surface area contributed by atoms with Crippen LogP contribution in [-0.2, 0) is 4.74 Å². The zero-order chi connectivity index (χ0) is 15.8. The Bertz CT molecular complexity index is 565. The second kappa shape index (κ2) is 5.13. The molecule has 1 N–H and O–H groups in total. The van der Waals surface area contributed by atoms with Crippen LogP contribution in [-0.4, -0.2) is 30.5 Å². The lowest BCUT2D eigenvalue weighted by Gasteiger charge is -2.07. The smallest absolute Gasteiger partial charge is 0.339 e. The second-order valence-corrected chi connectivity index (χ2v) is 6.66. The van der Waals surface area contributed by atoms with Crippen LogP contribution in [0.3, 0.4) is 0 Å². The summed E-state index contributed by atoms with van der Waals surface area (Å²) >= 11 is 0. The Kier molecular flexibility index (Phi) is 3.78. The van der Waals surface area contributed by atoms with Crippen molar-refractivity contribution in [3.63, 3.8) is 0 Å². The van der Waals surface area contributed by atoms with Crippen molar-refractivity contribution in [3.05, 3.63) is 29.6 Å². The number of methoxy groups -OCH3 is 1. The number of carbonyl (C=O) groups excluding carboxylic acids is 2. The Morgan fingerprint density at radius 2 is 1.76 bits per heavy atom. The number of hydrogen-bond donors (Lipinski definition) is 1. The van der Waals surface area contributed by atoms with Crippen LogP contribution in [0.15, 0.2) is 18.5 Å². The molecule has 0 aromatic carbocycles. The highest BCUT2D eigenvalue weighted by atomic mass is 16.5. The van der Waals surface area contributed by atoms with Crippen LogP contribution in [0.2, 0.25) is 0 Å². The molecule has 0 saturated heterocycles. The van der Waals surface area contributed by atoms with Gasteiger partial charge in [-0.15, -0.1) is 0 Å². The molecule has 114 valence electrons. The molecule has 1 fully saturated rings. The highest BCUT2D eigenvalue weighted by molar-refractivity contribution is 5.97. The quantitative estimate of drug-likeness (QED) is 0.864. The highest BCUT2D eigenvalue weighted by Crippen LogP contribution is 2.67. The van der Waals surface area contributed by atoms with Gasteiger partial charge in [-0.3, -0.25) is 9.78 Å². The van der Waals surface area contributed by atoms with E-state index in [0.717, 1.165) is 0 Å². The van der Waals surface area contributed by atoms with Crippen LogP contribution in [0.25, 0.3) is 0 Å². The molecular formula is C16H22N2O3. The number of esters is 1. The molecule has 1 aliphatic carbocycles.